The minimum absolute atomic E-state index is 0.0680. The van der Waals surface area contributed by atoms with Gasteiger partial charge in [-0.1, -0.05) is 280 Å². The minimum Gasteiger partial charge on any atom is -0.462 e. The summed E-state index contributed by atoms with van der Waals surface area (Å²) in [5.41, 5.74) is 0. The van der Waals surface area contributed by atoms with Crippen LogP contribution in [0.15, 0.2) is 85.1 Å². The molecule has 0 aromatic carbocycles. The van der Waals surface area contributed by atoms with Gasteiger partial charge in [-0.15, -0.1) is 0 Å². The maximum atomic E-state index is 13.1. The van der Waals surface area contributed by atoms with Crippen LogP contribution in [0.1, 0.15) is 323 Å². The third-order valence-corrected chi connectivity index (χ3v) is 17.8. The zero-order valence-corrected chi connectivity index (χ0v) is 62.3. The predicted octanol–water partition coefficient (Wildman–Crippen LogP) is 21.4. The van der Waals surface area contributed by atoms with E-state index in [9.17, 15) is 43.2 Å². The van der Waals surface area contributed by atoms with E-state index in [4.69, 9.17) is 37.0 Å². The Morgan fingerprint density at radius 1 is 0.312 bits per heavy atom. The summed E-state index contributed by atoms with van der Waals surface area (Å²) in [5.74, 6) is -2.32. The van der Waals surface area contributed by atoms with Crippen molar-refractivity contribution in [3.8, 4) is 0 Å². The lowest BCUT2D eigenvalue weighted by Gasteiger charge is -2.21. The molecular weight excluding hydrogens is 1260 g/mol. The highest BCUT2D eigenvalue weighted by molar-refractivity contribution is 7.47. The van der Waals surface area contributed by atoms with Crippen LogP contribution in [0.3, 0.4) is 0 Å². The summed E-state index contributed by atoms with van der Waals surface area (Å²) in [6, 6.07) is 0. The Balaban J connectivity index is 5.39. The number of rotatable bonds is 71. The molecule has 0 saturated heterocycles. The summed E-state index contributed by atoms with van der Waals surface area (Å²) in [5, 5.41) is 10.6. The molecule has 0 spiro atoms. The quantitative estimate of drug-likeness (QED) is 0.0169. The Bertz CT molecular complexity index is 2160. The van der Waals surface area contributed by atoms with E-state index < -0.39 is 97.5 Å². The average molecular weight is 1400 g/mol. The molecule has 5 unspecified atom stereocenters. The Morgan fingerprint density at radius 3 is 0.927 bits per heavy atom. The van der Waals surface area contributed by atoms with Crippen LogP contribution < -0.4 is 0 Å². The number of aliphatic hydroxyl groups is 1. The highest BCUT2D eigenvalue weighted by Gasteiger charge is 2.30. The third kappa shape index (κ3) is 68.8. The van der Waals surface area contributed by atoms with Crippen molar-refractivity contribution in [2.75, 3.05) is 39.6 Å². The minimum atomic E-state index is -4.99. The van der Waals surface area contributed by atoms with Gasteiger partial charge >= 0.3 is 39.5 Å². The summed E-state index contributed by atoms with van der Waals surface area (Å²) in [4.78, 5) is 72.7. The second-order valence-electron chi connectivity index (χ2n) is 25.2. The summed E-state index contributed by atoms with van der Waals surface area (Å²) in [6.07, 6.45) is 70.4. The standard InChI is InChI=1S/C77H136O17P2/c1-5-9-13-17-21-25-29-33-35-39-41-45-49-53-57-61-74(79)87-67-72(93-76(81)63-59-55-51-47-43-37-31-27-23-19-15-11-7-3)69-91-95(83,84)89-65-71(78)66-90-96(85,86)92-70-73(94-77(82)64-60-56-52-48-44-38-32-28-24-20-16-12-8-4)68-88-75(80)62-58-54-50-46-42-40-36-34-30-26-22-18-14-10-6-2/h9,13,21,25,28,32-36,41,45,53,57,71-73,78H,5-8,10-12,14-20,22-24,26-27,29-31,37-40,42-44,46-52,54-56,58-70H2,1-4H3,(H,83,84)(H,85,86)/b13-9-,25-21-,32-28-,35-33-,36-34-,45-41-,57-53-. The van der Waals surface area contributed by atoms with Gasteiger partial charge in [0.15, 0.2) is 12.2 Å². The first-order chi connectivity index (χ1) is 46.7. The number of hydrogen-bond acceptors (Lipinski definition) is 15. The van der Waals surface area contributed by atoms with Crippen LogP contribution >= 0.6 is 15.6 Å². The molecule has 0 aromatic heterocycles. The smallest absolute Gasteiger partial charge is 0.462 e. The SMILES string of the molecule is CC/C=C\C/C=C\C/C=C\C/C=C\C/C=C\CC(=O)OCC(COP(=O)(O)OCC(O)COP(=O)(O)OCC(COC(=O)CCCCCCC/C=C\CCCCCCCC)OC(=O)CCCCCCC/C=C\CCCCCC)OC(=O)CCCCCCCCCCCCCCC. The van der Waals surface area contributed by atoms with Gasteiger partial charge in [-0.05, 0) is 103 Å². The highest BCUT2D eigenvalue weighted by Crippen LogP contribution is 2.45. The molecule has 0 amide bonds. The molecular formula is C77H136O17P2. The van der Waals surface area contributed by atoms with Crippen molar-refractivity contribution in [2.24, 2.45) is 0 Å². The monoisotopic (exact) mass is 1390 g/mol. The van der Waals surface area contributed by atoms with E-state index in [1.807, 2.05) is 18.2 Å². The van der Waals surface area contributed by atoms with Crippen LogP contribution in [0.4, 0.5) is 0 Å². The number of carbonyl (C=O) groups is 4. The van der Waals surface area contributed by atoms with Gasteiger partial charge in [0.25, 0.3) is 0 Å². The van der Waals surface area contributed by atoms with Crippen LogP contribution in [0.25, 0.3) is 0 Å². The molecule has 0 rings (SSSR count). The molecule has 0 aromatic rings. The molecule has 0 aliphatic rings. The Kier molecular flexibility index (Phi) is 67.0. The van der Waals surface area contributed by atoms with Gasteiger partial charge in [0.1, 0.15) is 19.3 Å². The topological polar surface area (TPSA) is 237 Å². The van der Waals surface area contributed by atoms with Gasteiger partial charge in [-0.25, -0.2) is 9.13 Å². The normalized spacial score (nSPS) is 14.4. The third-order valence-electron chi connectivity index (χ3n) is 15.9. The van der Waals surface area contributed by atoms with Crippen LogP contribution in [0, 0.1) is 0 Å². The lowest BCUT2D eigenvalue weighted by atomic mass is 10.0. The number of ether oxygens (including phenoxy) is 4. The largest absolute Gasteiger partial charge is 0.472 e. The molecule has 0 heterocycles. The van der Waals surface area contributed by atoms with Crippen molar-refractivity contribution in [2.45, 2.75) is 341 Å². The summed E-state index contributed by atoms with van der Waals surface area (Å²) < 4.78 is 68.3. The van der Waals surface area contributed by atoms with Gasteiger partial charge in [0.2, 0.25) is 0 Å². The molecule has 556 valence electrons. The van der Waals surface area contributed by atoms with E-state index >= 15 is 0 Å². The predicted molar refractivity (Wildman–Crippen MR) is 390 cm³/mol. The lowest BCUT2D eigenvalue weighted by molar-refractivity contribution is -0.161. The van der Waals surface area contributed by atoms with Crippen LogP contribution in [0.5, 0.6) is 0 Å². The zero-order chi connectivity index (χ0) is 70.4. The maximum absolute atomic E-state index is 13.1. The van der Waals surface area contributed by atoms with Crippen molar-refractivity contribution < 1.29 is 80.2 Å². The molecule has 17 nitrogen and oxygen atoms in total. The summed E-state index contributed by atoms with van der Waals surface area (Å²) in [6.45, 7) is 4.63. The molecule has 0 bridgehead atoms. The number of aliphatic hydroxyl groups excluding tert-OH is 1. The number of phosphoric ester groups is 2. The highest BCUT2D eigenvalue weighted by atomic mass is 31.2. The molecule has 19 heteroatoms. The van der Waals surface area contributed by atoms with Gasteiger partial charge in [-0.3, -0.25) is 37.3 Å². The van der Waals surface area contributed by atoms with Gasteiger partial charge in [-0.2, -0.15) is 0 Å². The second kappa shape index (κ2) is 69.7. The Hall–Kier alpha value is -3.76. The van der Waals surface area contributed by atoms with Crippen molar-refractivity contribution in [3.05, 3.63) is 85.1 Å². The average Bonchev–Trinajstić information content (AvgIpc) is 1.14. The molecule has 0 aliphatic heterocycles. The van der Waals surface area contributed by atoms with E-state index in [1.165, 1.54) is 116 Å². The van der Waals surface area contributed by atoms with Gasteiger partial charge < -0.3 is 33.8 Å². The first-order valence-electron chi connectivity index (χ1n) is 37.8. The van der Waals surface area contributed by atoms with E-state index in [0.717, 1.165) is 128 Å². The number of allylic oxidation sites excluding steroid dienone is 13. The maximum Gasteiger partial charge on any atom is 0.472 e. The fourth-order valence-electron chi connectivity index (χ4n) is 10.1. The summed E-state index contributed by atoms with van der Waals surface area (Å²) >= 11 is 0. The molecule has 0 saturated carbocycles. The first-order valence-corrected chi connectivity index (χ1v) is 40.8. The molecule has 3 N–H and O–H groups in total. The number of unbranched alkanes of at least 4 members (excludes halogenated alkanes) is 32. The fraction of sp³-hybridized carbons (Fsp3) is 0.766. The van der Waals surface area contributed by atoms with Crippen molar-refractivity contribution in [1.82, 2.24) is 0 Å². The molecule has 96 heavy (non-hydrogen) atoms. The Morgan fingerprint density at radius 2 is 0.583 bits per heavy atom. The fourth-order valence-corrected chi connectivity index (χ4v) is 11.7. The van der Waals surface area contributed by atoms with Gasteiger partial charge in [0.05, 0.1) is 32.8 Å². The van der Waals surface area contributed by atoms with E-state index in [-0.39, 0.29) is 25.7 Å². The number of hydrogen-bond donors (Lipinski definition) is 3. The van der Waals surface area contributed by atoms with Crippen LogP contribution in [-0.2, 0) is 65.4 Å². The zero-order valence-electron chi connectivity index (χ0n) is 60.5. The van der Waals surface area contributed by atoms with Crippen LogP contribution in [0.2, 0.25) is 0 Å². The van der Waals surface area contributed by atoms with Crippen molar-refractivity contribution in [1.29, 1.82) is 0 Å². The van der Waals surface area contributed by atoms with E-state index in [1.54, 1.807) is 6.08 Å². The molecule has 0 radical (unpaired) electrons. The van der Waals surface area contributed by atoms with E-state index in [2.05, 4.69) is 88.5 Å². The first kappa shape index (κ1) is 92.2. The van der Waals surface area contributed by atoms with Gasteiger partial charge in [0, 0.05) is 19.3 Å². The van der Waals surface area contributed by atoms with Crippen molar-refractivity contribution >= 4 is 39.5 Å². The molecule has 0 fully saturated rings. The molecule has 5 atom stereocenters. The van der Waals surface area contributed by atoms with E-state index in [0.29, 0.717) is 25.7 Å². The number of phosphoric acid groups is 2. The number of carbonyl (C=O) groups excluding carboxylic acids is 4. The van der Waals surface area contributed by atoms with Crippen molar-refractivity contribution in [3.63, 3.8) is 0 Å². The number of esters is 4. The van der Waals surface area contributed by atoms with Crippen LogP contribution in [-0.4, -0.2) is 96.7 Å². The Labute approximate surface area is 583 Å². The second-order valence-corrected chi connectivity index (χ2v) is 28.1. The summed E-state index contributed by atoms with van der Waals surface area (Å²) in [7, 11) is -9.96. The lowest BCUT2D eigenvalue weighted by Crippen LogP contribution is -2.30. The molecule has 0 aliphatic carbocycles.